The highest BCUT2D eigenvalue weighted by atomic mass is 32.2. The molecule has 1 N–H and O–H groups in total. The van der Waals surface area contributed by atoms with Crippen LogP contribution in [-0.4, -0.2) is 50.1 Å². The Morgan fingerprint density at radius 3 is 2.24 bits per heavy atom. The molecule has 1 atom stereocenters. The summed E-state index contributed by atoms with van der Waals surface area (Å²) in [5.41, 5.74) is 3.20. The van der Waals surface area contributed by atoms with Crippen molar-refractivity contribution in [1.29, 1.82) is 0 Å². The van der Waals surface area contributed by atoms with Crippen LogP contribution < -0.4 is 5.32 Å². The molecule has 0 aromatic heterocycles. The van der Waals surface area contributed by atoms with Crippen LogP contribution in [0.2, 0.25) is 0 Å². The largest absolute Gasteiger partial charge is 0.345 e. The van der Waals surface area contributed by atoms with Crippen molar-refractivity contribution in [3.63, 3.8) is 0 Å². The average molecular weight is 416 g/mol. The zero-order valence-corrected chi connectivity index (χ0v) is 18.0. The van der Waals surface area contributed by atoms with Gasteiger partial charge in [-0.15, -0.1) is 0 Å². The van der Waals surface area contributed by atoms with Gasteiger partial charge in [-0.05, 0) is 30.9 Å². The number of nitrogens with one attached hydrogen (secondary N) is 1. The van der Waals surface area contributed by atoms with Crippen LogP contribution in [0, 0.1) is 12.8 Å². The summed E-state index contributed by atoms with van der Waals surface area (Å²) in [6, 6.07) is 17.8. The fourth-order valence-electron chi connectivity index (χ4n) is 3.69. The van der Waals surface area contributed by atoms with E-state index in [1.165, 1.54) is 22.7 Å². The molecule has 1 aliphatic heterocycles. The van der Waals surface area contributed by atoms with Crippen LogP contribution in [0.25, 0.3) is 0 Å². The summed E-state index contributed by atoms with van der Waals surface area (Å²) >= 11 is 0. The number of rotatable bonds is 6. The molecule has 1 aliphatic rings. The molecule has 1 fully saturated rings. The van der Waals surface area contributed by atoms with Gasteiger partial charge in [0.1, 0.15) is 0 Å². The molecule has 1 heterocycles. The van der Waals surface area contributed by atoms with Crippen molar-refractivity contribution in [2.45, 2.75) is 25.8 Å². The molecule has 0 bridgehead atoms. The fraction of sp³-hybridized carbons (Fsp3) is 0.409. The molecule has 0 saturated carbocycles. The maximum absolute atomic E-state index is 13.0. The van der Waals surface area contributed by atoms with Gasteiger partial charge >= 0.3 is 0 Å². The first-order valence-corrected chi connectivity index (χ1v) is 11.3. The van der Waals surface area contributed by atoms with Crippen molar-refractivity contribution in [2.24, 2.45) is 5.92 Å². The number of nitrogens with zero attached hydrogens (tertiary/aromatic N) is 2. The van der Waals surface area contributed by atoms with Crippen LogP contribution in [-0.2, 0) is 15.0 Å². The first-order chi connectivity index (χ1) is 13.8. The first-order valence-electron chi connectivity index (χ1n) is 9.88. The Balaban J connectivity index is 1.73. The Hall–Kier alpha value is -2.22. The lowest BCUT2D eigenvalue weighted by atomic mass is 9.93. The second-order valence-electron chi connectivity index (χ2n) is 7.73. The second kappa shape index (κ2) is 9.07. The van der Waals surface area contributed by atoms with Crippen molar-refractivity contribution in [3.05, 3.63) is 71.3 Å². The SMILES string of the molecule is Cc1cccc(C(NC(=O)C2CCN(S(=O)(=O)N(C)C)CC2)c2ccccc2)c1. The normalized spacial score (nSPS) is 17.2. The summed E-state index contributed by atoms with van der Waals surface area (Å²) in [6.07, 6.45) is 1.04. The number of carbonyl (C=O) groups excluding carboxylic acids is 1. The van der Waals surface area contributed by atoms with Gasteiger partial charge in [0.15, 0.2) is 0 Å². The third-order valence-corrected chi connectivity index (χ3v) is 7.35. The molecular formula is C22H29N3O3S. The Bertz CT molecular complexity index is 937. The van der Waals surface area contributed by atoms with Crippen molar-refractivity contribution < 1.29 is 13.2 Å². The van der Waals surface area contributed by atoms with Gasteiger partial charge < -0.3 is 5.32 Å². The van der Waals surface area contributed by atoms with Gasteiger partial charge in [-0.25, -0.2) is 0 Å². The Labute approximate surface area is 173 Å². The molecule has 2 aromatic carbocycles. The lowest BCUT2D eigenvalue weighted by molar-refractivity contribution is -0.126. The van der Waals surface area contributed by atoms with E-state index in [-0.39, 0.29) is 17.9 Å². The highest BCUT2D eigenvalue weighted by molar-refractivity contribution is 7.86. The van der Waals surface area contributed by atoms with Crippen molar-refractivity contribution >= 4 is 16.1 Å². The summed E-state index contributed by atoms with van der Waals surface area (Å²) in [4.78, 5) is 13.0. The van der Waals surface area contributed by atoms with E-state index in [9.17, 15) is 13.2 Å². The van der Waals surface area contributed by atoms with Crippen LogP contribution in [0.3, 0.4) is 0 Å². The molecule has 0 spiro atoms. The van der Waals surface area contributed by atoms with E-state index in [1.54, 1.807) is 0 Å². The van der Waals surface area contributed by atoms with Gasteiger partial charge in [0, 0.05) is 33.1 Å². The zero-order chi connectivity index (χ0) is 21.0. The molecule has 6 nitrogen and oxygen atoms in total. The summed E-state index contributed by atoms with van der Waals surface area (Å²) < 4.78 is 27.3. The van der Waals surface area contributed by atoms with E-state index in [1.807, 2.05) is 55.5 Å². The van der Waals surface area contributed by atoms with E-state index >= 15 is 0 Å². The predicted octanol–water partition coefficient (Wildman–Crippen LogP) is 2.72. The summed E-state index contributed by atoms with van der Waals surface area (Å²) in [5.74, 6) is -0.220. The van der Waals surface area contributed by atoms with Gasteiger partial charge in [0.05, 0.1) is 6.04 Å². The number of benzene rings is 2. The number of hydrogen-bond acceptors (Lipinski definition) is 3. The molecule has 0 radical (unpaired) electrons. The molecule has 1 saturated heterocycles. The maximum Gasteiger partial charge on any atom is 0.281 e. The average Bonchev–Trinajstić information content (AvgIpc) is 2.72. The van der Waals surface area contributed by atoms with Gasteiger partial charge in [0.2, 0.25) is 5.91 Å². The minimum atomic E-state index is -3.43. The van der Waals surface area contributed by atoms with Crippen LogP contribution in [0.1, 0.15) is 35.6 Å². The first kappa shape index (κ1) is 21.5. The van der Waals surface area contributed by atoms with Gasteiger partial charge in [-0.3, -0.25) is 4.79 Å². The highest BCUT2D eigenvalue weighted by Gasteiger charge is 2.33. The topological polar surface area (TPSA) is 69.7 Å². The molecule has 29 heavy (non-hydrogen) atoms. The number of carbonyl (C=O) groups is 1. The minimum Gasteiger partial charge on any atom is -0.345 e. The fourth-order valence-corrected chi connectivity index (χ4v) is 4.83. The number of aryl methyl sites for hydroxylation is 1. The van der Waals surface area contributed by atoms with Gasteiger partial charge in [-0.1, -0.05) is 60.2 Å². The predicted molar refractivity (Wildman–Crippen MR) is 115 cm³/mol. The Morgan fingerprint density at radius 1 is 1.03 bits per heavy atom. The van der Waals surface area contributed by atoms with E-state index in [0.29, 0.717) is 25.9 Å². The van der Waals surface area contributed by atoms with E-state index in [0.717, 1.165) is 16.7 Å². The molecular weight excluding hydrogens is 386 g/mol. The number of amides is 1. The molecule has 3 rings (SSSR count). The lowest BCUT2D eigenvalue weighted by Crippen LogP contribution is -2.47. The van der Waals surface area contributed by atoms with Crippen molar-refractivity contribution in [1.82, 2.24) is 13.9 Å². The van der Waals surface area contributed by atoms with Crippen LogP contribution >= 0.6 is 0 Å². The summed E-state index contributed by atoms with van der Waals surface area (Å²) in [5, 5.41) is 3.21. The van der Waals surface area contributed by atoms with E-state index < -0.39 is 10.2 Å². The molecule has 0 aliphatic carbocycles. The Kier molecular flexibility index (Phi) is 6.72. The smallest absolute Gasteiger partial charge is 0.281 e. The third-order valence-electron chi connectivity index (χ3n) is 5.41. The van der Waals surface area contributed by atoms with E-state index in [2.05, 4.69) is 11.4 Å². The van der Waals surface area contributed by atoms with E-state index in [4.69, 9.17) is 0 Å². The highest BCUT2D eigenvalue weighted by Crippen LogP contribution is 2.26. The molecule has 1 unspecified atom stereocenters. The number of hydrogen-bond donors (Lipinski definition) is 1. The van der Waals surface area contributed by atoms with Crippen molar-refractivity contribution in [3.8, 4) is 0 Å². The molecule has 1 amide bonds. The van der Waals surface area contributed by atoms with Gasteiger partial charge in [0.25, 0.3) is 10.2 Å². The maximum atomic E-state index is 13.0. The second-order valence-corrected chi connectivity index (χ2v) is 9.87. The standard InChI is InChI=1S/C22H29N3O3S/c1-17-8-7-11-20(16-17)21(18-9-5-4-6-10-18)23-22(26)19-12-14-25(15-13-19)29(27,28)24(2)3/h4-11,16,19,21H,12-15H2,1-3H3,(H,23,26). The van der Waals surface area contributed by atoms with Crippen LogP contribution in [0.4, 0.5) is 0 Å². The third kappa shape index (κ3) is 5.04. The summed E-state index contributed by atoms with van der Waals surface area (Å²) in [6.45, 7) is 2.76. The van der Waals surface area contributed by atoms with Crippen molar-refractivity contribution in [2.75, 3.05) is 27.2 Å². The van der Waals surface area contributed by atoms with Gasteiger partial charge in [-0.2, -0.15) is 17.0 Å². The zero-order valence-electron chi connectivity index (χ0n) is 17.2. The quantitative estimate of drug-likeness (QED) is 0.789. The minimum absolute atomic E-state index is 0.0257. The number of piperidine rings is 1. The molecule has 156 valence electrons. The molecule has 7 heteroatoms. The Morgan fingerprint density at radius 2 is 1.66 bits per heavy atom. The van der Waals surface area contributed by atoms with Crippen LogP contribution in [0.15, 0.2) is 54.6 Å². The molecule has 2 aromatic rings. The lowest BCUT2D eigenvalue weighted by Gasteiger charge is -2.33. The summed E-state index contributed by atoms with van der Waals surface area (Å²) in [7, 11) is -0.371. The monoisotopic (exact) mass is 415 g/mol. The van der Waals surface area contributed by atoms with Crippen LogP contribution in [0.5, 0.6) is 0 Å².